The van der Waals surface area contributed by atoms with Gasteiger partial charge < -0.3 is 5.32 Å². The van der Waals surface area contributed by atoms with Crippen LogP contribution < -0.4 is 5.32 Å². The van der Waals surface area contributed by atoms with Gasteiger partial charge in [0.15, 0.2) is 0 Å². The highest BCUT2D eigenvalue weighted by Crippen LogP contribution is 2.29. The van der Waals surface area contributed by atoms with E-state index in [1.165, 1.54) is 25.3 Å². The van der Waals surface area contributed by atoms with Gasteiger partial charge in [0.1, 0.15) is 5.82 Å². The van der Waals surface area contributed by atoms with Crippen molar-refractivity contribution in [1.82, 2.24) is 5.32 Å². The van der Waals surface area contributed by atoms with Gasteiger partial charge >= 0.3 is 0 Å². The van der Waals surface area contributed by atoms with E-state index in [9.17, 15) is 4.39 Å². The summed E-state index contributed by atoms with van der Waals surface area (Å²) < 4.78 is 13.6. The lowest BCUT2D eigenvalue weighted by Gasteiger charge is -2.11. The van der Waals surface area contributed by atoms with Gasteiger partial charge in [0.25, 0.3) is 0 Å². The van der Waals surface area contributed by atoms with Crippen LogP contribution in [0.2, 0.25) is 0 Å². The standard InChI is InChI=1S/C14H19BrFN/c1-10-2-3-11(6-10)8-17-9-12-4-5-14(16)13(15)7-12/h4-5,7,10-11,17H,2-3,6,8-9H2,1H3. The Morgan fingerprint density at radius 2 is 2.24 bits per heavy atom. The second kappa shape index (κ2) is 5.96. The molecular formula is C14H19BrFN. The minimum Gasteiger partial charge on any atom is -0.312 e. The molecule has 0 heterocycles. The highest BCUT2D eigenvalue weighted by molar-refractivity contribution is 9.10. The zero-order chi connectivity index (χ0) is 12.3. The minimum absolute atomic E-state index is 0.196. The van der Waals surface area contributed by atoms with Crippen molar-refractivity contribution in [3.05, 3.63) is 34.1 Å². The van der Waals surface area contributed by atoms with Crippen molar-refractivity contribution in [2.75, 3.05) is 6.54 Å². The largest absolute Gasteiger partial charge is 0.312 e. The Morgan fingerprint density at radius 1 is 1.41 bits per heavy atom. The molecule has 0 saturated heterocycles. The van der Waals surface area contributed by atoms with Crippen molar-refractivity contribution in [3.8, 4) is 0 Å². The zero-order valence-electron chi connectivity index (χ0n) is 10.2. The molecule has 0 aromatic heterocycles. The van der Waals surface area contributed by atoms with Gasteiger partial charge in [0.2, 0.25) is 0 Å². The molecule has 1 aliphatic carbocycles. The Bertz CT molecular complexity index is 380. The van der Waals surface area contributed by atoms with Gasteiger partial charge in [0, 0.05) is 6.54 Å². The predicted molar refractivity (Wildman–Crippen MR) is 72.3 cm³/mol. The third-order valence-corrected chi connectivity index (χ3v) is 4.16. The molecule has 94 valence electrons. The summed E-state index contributed by atoms with van der Waals surface area (Å²) in [6.07, 6.45) is 4.07. The molecule has 1 aromatic rings. The van der Waals surface area contributed by atoms with Crippen LogP contribution >= 0.6 is 15.9 Å². The Balaban J connectivity index is 1.76. The summed E-state index contributed by atoms with van der Waals surface area (Å²) in [7, 11) is 0. The van der Waals surface area contributed by atoms with Gasteiger partial charge in [-0.2, -0.15) is 0 Å². The van der Waals surface area contributed by atoms with Crippen LogP contribution in [0.3, 0.4) is 0 Å². The van der Waals surface area contributed by atoms with E-state index in [-0.39, 0.29) is 5.82 Å². The summed E-state index contributed by atoms with van der Waals surface area (Å²) in [4.78, 5) is 0. The molecule has 1 N–H and O–H groups in total. The first-order chi connectivity index (χ1) is 8.15. The number of benzene rings is 1. The maximum absolute atomic E-state index is 13.0. The summed E-state index contributed by atoms with van der Waals surface area (Å²) in [5.41, 5.74) is 1.13. The van der Waals surface area contributed by atoms with Crippen molar-refractivity contribution in [3.63, 3.8) is 0 Å². The van der Waals surface area contributed by atoms with Gasteiger partial charge in [-0.1, -0.05) is 19.4 Å². The van der Waals surface area contributed by atoms with Crippen molar-refractivity contribution >= 4 is 15.9 Å². The molecule has 1 aliphatic rings. The second-order valence-electron chi connectivity index (χ2n) is 5.16. The van der Waals surface area contributed by atoms with Gasteiger partial charge in [0.05, 0.1) is 4.47 Å². The minimum atomic E-state index is -0.196. The number of hydrogen-bond acceptors (Lipinski definition) is 1. The number of nitrogens with one attached hydrogen (secondary N) is 1. The van der Waals surface area contributed by atoms with E-state index < -0.39 is 0 Å². The fraction of sp³-hybridized carbons (Fsp3) is 0.571. The molecule has 0 radical (unpaired) electrons. The van der Waals surface area contributed by atoms with Gasteiger partial charge in [-0.25, -0.2) is 4.39 Å². The third-order valence-electron chi connectivity index (χ3n) is 3.55. The lowest BCUT2D eigenvalue weighted by atomic mass is 10.1. The van der Waals surface area contributed by atoms with E-state index in [0.717, 1.165) is 30.5 Å². The van der Waals surface area contributed by atoms with Crippen LogP contribution in [0.4, 0.5) is 4.39 Å². The van der Waals surface area contributed by atoms with Gasteiger partial charge in [-0.05, 0) is 64.8 Å². The molecule has 0 amide bonds. The summed E-state index contributed by atoms with van der Waals surface area (Å²) in [5.74, 6) is 1.52. The summed E-state index contributed by atoms with van der Waals surface area (Å²) in [5, 5.41) is 3.47. The first-order valence-electron chi connectivity index (χ1n) is 6.30. The molecule has 1 aromatic carbocycles. The highest BCUT2D eigenvalue weighted by Gasteiger charge is 2.20. The maximum atomic E-state index is 13.0. The number of rotatable bonds is 4. The first kappa shape index (κ1) is 13.0. The smallest absolute Gasteiger partial charge is 0.137 e. The fourth-order valence-corrected chi connectivity index (χ4v) is 3.01. The highest BCUT2D eigenvalue weighted by atomic mass is 79.9. The molecular weight excluding hydrogens is 281 g/mol. The molecule has 2 unspecified atom stereocenters. The average molecular weight is 300 g/mol. The Hall–Kier alpha value is -0.410. The van der Waals surface area contributed by atoms with Crippen LogP contribution in [-0.2, 0) is 6.54 Å². The first-order valence-corrected chi connectivity index (χ1v) is 7.09. The Kier molecular flexibility index (Phi) is 4.57. The SMILES string of the molecule is CC1CCC(CNCc2ccc(F)c(Br)c2)C1. The molecule has 2 atom stereocenters. The molecule has 0 spiro atoms. The second-order valence-corrected chi connectivity index (χ2v) is 6.02. The van der Waals surface area contributed by atoms with E-state index in [2.05, 4.69) is 28.2 Å². The van der Waals surface area contributed by atoms with Crippen LogP contribution in [0.15, 0.2) is 22.7 Å². The fourth-order valence-electron chi connectivity index (χ4n) is 2.58. The normalized spacial score (nSPS) is 24.2. The number of hydrogen-bond donors (Lipinski definition) is 1. The maximum Gasteiger partial charge on any atom is 0.137 e. The van der Waals surface area contributed by atoms with Gasteiger partial charge in [-0.3, -0.25) is 0 Å². The summed E-state index contributed by atoms with van der Waals surface area (Å²) in [6, 6.07) is 5.20. The van der Waals surface area contributed by atoms with Crippen molar-refractivity contribution in [2.45, 2.75) is 32.7 Å². The van der Waals surface area contributed by atoms with Crippen LogP contribution in [0, 0.1) is 17.7 Å². The monoisotopic (exact) mass is 299 g/mol. The molecule has 0 bridgehead atoms. The molecule has 1 fully saturated rings. The topological polar surface area (TPSA) is 12.0 Å². The quantitative estimate of drug-likeness (QED) is 0.882. The van der Waals surface area contributed by atoms with Crippen molar-refractivity contribution < 1.29 is 4.39 Å². The zero-order valence-corrected chi connectivity index (χ0v) is 11.8. The number of halogens is 2. The van der Waals surface area contributed by atoms with Crippen molar-refractivity contribution in [1.29, 1.82) is 0 Å². The predicted octanol–water partition coefficient (Wildman–Crippen LogP) is 4.11. The average Bonchev–Trinajstić information content (AvgIpc) is 2.70. The van der Waals surface area contributed by atoms with E-state index in [1.807, 2.05) is 12.1 Å². The van der Waals surface area contributed by atoms with Crippen LogP contribution in [0.1, 0.15) is 31.7 Å². The van der Waals surface area contributed by atoms with Crippen molar-refractivity contribution in [2.24, 2.45) is 11.8 Å². The summed E-state index contributed by atoms with van der Waals surface area (Å²) in [6.45, 7) is 4.24. The lowest BCUT2D eigenvalue weighted by molar-refractivity contribution is 0.470. The Morgan fingerprint density at radius 3 is 2.88 bits per heavy atom. The van der Waals surface area contributed by atoms with E-state index in [0.29, 0.717) is 4.47 Å². The third kappa shape index (κ3) is 3.78. The van der Waals surface area contributed by atoms with Crippen LogP contribution in [0.25, 0.3) is 0 Å². The molecule has 1 saturated carbocycles. The summed E-state index contributed by atoms with van der Waals surface area (Å²) >= 11 is 3.21. The molecule has 3 heteroatoms. The molecule has 1 nitrogen and oxygen atoms in total. The van der Waals surface area contributed by atoms with Crippen LogP contribution in [-0.4, -0.2) is 6.54 Å². The lowest BCUT2D eigenvalue weighted by Crippen LogP contribution is -2.21. The van der Waals surface area contributed by atoms with Crippen LogP contribution in [0.5, 0.6) is 0 Å². The molecule has 17 heavy (non-hydrogen) atoms. The van der Waals surface area contributed by atoms with E-state index in [4.69, 9.17) is 0 Å². The Labute approximate surface area is 111 Å². The van der Waals surface area contributed by atoms with Gasteiger partial charge in [-0.15, -0.1) is 0 Å². The molecule has 0 aliphatic heterocycles. The molecule has 2 rings (SSSR count). The van der Waals surface area contributed by atoms with E-state index >= 15 is 0 Å². The van der Waals surface area contributed by atoms with E-state index in [1.54, 1.807) is 0 Å².